The fourth-order valence-electron chi connectivity index (χ4n) is 2.98. The molecular formula is C14H25N3S. The van der Waals surface area contributed by atoms with Crippen LogP contribution in [0.3, 0.4) is 0 Å². The molecule has 1 fully saturated rings. The lowest BCUT2D eigenvalue weighted by Crippen LogP contribution is -2.38. The van der Waals surface area contributed by atoms with Gasteiger partial charge in [0.15, 0.2) is 5.13 Å². The zero-order chi connectivity index (χ0) is 13.3. The summed E-state index contributed by atoms with van der Waals surface area (Å²) < 4.78 is 0. The van der Waals surface area contributed by atoms with Crippen LogP contribution in [0, 0.1) is 12.8 Å². The lowest BCUT2D eigenvalue weighted by Gasteiger charge is -2.36. The van der Waals surface area contributed by atoms with E-state index in [9.17, 15) is 0 Å². The van der Waals surface area contributed by atoms with E-state index in [0.29, 0.717) is 6.04 Å². The number of hydrogen-bond donors (Lipinski definition) is 1. The third-order valence-electron chi connectivity index (χ3n) is 4.10. The molecule has 1 aromatic rings. The zero-order valence-corrected chi connectivity index (χ0v) is 12.8. The fraction of sp³-hybridized carbons (Fsp3) is 0.786. The number of hydrogen-bond acceptors (Lipinski definition) is 4. The molecule has 4 heteroatoms. The number of nitrogens with zero attached hydrogens (tertiary/aromatic N) is 2. The summed E-state index contributed by atoms with van der Waals surface area (Å²) in [6, 6.07) is 0.735. The highest BCUT2D eigenvalue weighted by molar-refractivity contribution is 7.15. The van der Waals surface area contributed by atoms with Crippen LogP contribution in [0.4, 0.5) is 5.13 Å². The quantitative estimate of drug-likeness (QED) is 0.911. The molecule has 102 valence electrons. The van der Waals surface area contributed by atoms with E-state index in [2.05, 4.69) is 25.8 Å². The maximum Gasteiger partial charge on any atom is 0.185 e. The molecule has 1 aliphatic carbocycles. The monoisotopic (exact) mass is 267 g/mol. The average molecular weight is 267 g/mol. The van der Waals surface area contributed by atoms with Crippen LogP contribution in [0.2, 0.25) is 0 Å². The van der Waals surface area contributed by atoms with Crippen LogP contribution in [0.5, 0.6) is 0 Å². The molecule has 0 bridgehead atoms. The van der Waals surface area contributed by atoms with Gasteiger partial charge in [-0.1, -0.05) is 19.8 Å². The zero-order valence-electron chi connectivity index (χ0n) is 11.9. The van der Waals surface area contributed by atoms with Gasteiger partial charge in [0.2, 0.25) is 0 Å². The first-order valence-corrected chi connectivity index (χ1v) is 7.78. The largest absolute Gasteiger partial charge is 0.348 e. The van der Waals surface area contributed by atoms with Gasteiger partial charge >= 0.3 is 0 Å². The lowest BCUT2D eigenvalue weighted by atomic mass is 9.85. The van der Waals surface area contributed by atoms with Gasteiger partial charge in [0, 0.05) is 24.0 Å². The number of rotatable bonds is 3. The predicted octanol–water partition coefficient (Wildman–Crippen LogP) is 3.49. The molecule has 3 unspecified atom stereocenters. The van der Waals surface area contributed by atoms with Crippen LogP contribution < -0.4 is 10.6 Å². The van der Waals surface area contributed by atoms with Gasteiger partial charge in [-0.3, -0.25) is 0 Å². The van der Waals surface area contributed by atoms with Crippen molar-refractivity contribution in [3.05, 3.63) is 10.6 Å². The maximum atomic E-state index is 5.99. The van der Waals surface area contributed by atoms with Gasteiger partial charge in [0.25, 0.3) is 0 Å². The minimum Gasteiger partial charge on any atom is -0.348 e. The van der Waals surface area contributed by atoms with E-state index in [0.717, 1.165) is 16.7 Å². The van der Waals surface area contributed by atoms with Crippen molar-refractivity contribution in [2.75, 3.05) is 11.9 Å². The van der Waals surface area contributed by atoms with Gasteiger partial charge < -0.3 is 10.6 Å². The molecule has 1 aromatic heterocycles. The summed E-state index contributed by atoms with van der Waals surface area (Å²) in [7, 11) is 2.19. The van der Waals surface area contributed by atoms with Crippen molar-refractivity contribution >= 4 is 16.5 Å². The molecule has 1 aliphatic rings. The van der Waals surface area contributed by atoms with Crippen molar-refractivity contribution < 1.29 is 0 Å². The number of nitrogens with two attached hydrogens (primary N) is 1. The minimum absolute atomic E-state index is 0.0911. The van der Waals surface area contributed by atoms with Crippen LogP contribution in [0.1, 0.15) is 56.1 Å². The molecule has 1 heterocycles. The molecule has 18 heavy (non-hydrogen) atoms. The molecule has 2 rings (SSSR count). The highest BCUT2D eigenvalue weighted by Gasteiger charge is 2.27. The first-order chi connectivity index (χ1) is 8.50. The summed E-state index contributed by atoms with van der Waals surface area (Å²) in [6.07, 6.45) is 5.38. The highest BCUT2D eigenvalue weighted by Crippen LogP contribution is 2.34. The molecule has 0 saturated heterocycles. The Balaban J connectivity index is 2.17. The summed E-state index contributed by atoms with van der Waals surface area (Å²) in [6.45, 7) is 6.47. The highest BCUT2D eigenvalue weighted by atomic mass is 32.1. The molecule has 0 amide bonds. The first kappa shape index (κ1) is 13.8. The van der Waals surface area contributed by atoms with Crippen LogP contribution in [0.15, 0.2) is 0 Å². The Morgan fingerprint density at radius 3 is 2.61 bits per heavy atom. The third kappa shape index (κ3) is 2.69. The number of aryl methyl sites for hydroxylation is 1. The van der Waals surface area contributed by atoms with E-state index in [-0.39, 0.29) is 6.04 Å². The first-order valence-electron chi connectivity index (χ1n) is 6.96. The molecule has 3 nitrogen and oxygen atoms in total. The Kier molecular flexibility index (Phi) is 4.28. The lowest BCUT2D eigenvalue weighted by molar-refractivity contribution is 0.321. The predicted molar refractivity (Wildman–Crippen MR) is 79.3 cm³/mol. The third-order valence-corrected chi connectivity index (χ3v) is 5.55. The smallest absolute Gasteiger partial charge is 0.185 e. The van der Waals surface area contributed by atoms with E-state index < -0.39 is 0 Å². The van der Waals surface area contributed by atoms with Gasteiger partial charge in [-0.15, -0.1) is 11.3 Å². The van der Waals surface area contributed by atoms with E-state index in [4.69, 9.17) is 10.7 Å². The summed E-state index contributed by atoms with van der Waals surface area (Å²) >= 11 is 1.76. The van der Waals surface area contributed by atoms with Crippen LogP contribution >= 0.6 is 11.3 Å². The van der Waals surface area contributed by atoms with Crippen molar-refractivity contribution in [2.24, 2.45) is 11.7 Å². The second-order valence-electron chi connectivity index (χ2n) is 5.67. The van der Waals surface area contributed by atoms with Gasteiger partial charge in [-0.05, 0) is 32.6 Å². The number of thiazole rings is 1. The SMILES string of the molecule is Cc1nc(N(C)C2CCCCC2C)sc1C(C)N. The standard InChI is InChI=1S/C14H25N3S/c1-9-7-5-6-8-12(9)17(4)14-16-11(3)13(18-14)10(2)15/h9-10,12H,5-8,15H2,1-4H3. The molecule has 0 aliphatic heterocycles. The van der Waals surface area contributed by atoms with E-state index in [1.807, 2.05) is 6.92 Å². The number of anilines is 1. The molecule has 0 aromatic carbocycles. The Hall–Kier alpha value is -0.610. The van der Waals surface area contributed by atoms with Gasteiger partial charge in [0.05, 0.1) is 5.69 Å². The van der Waals surface area contributed by atoms with Crippen molar-refractivity contribution in [3.8, 4) is 0 Å². The van der Waals surface area contributed by atoms with E-state index in [1.54, 1.807) is 11.3 Å². The van der Waals surface area contributed by atoms with Crippen molar-refractivity contribution in [1.82, 2.24) is 4.98 Å². The Bertz CT molecular complexity index is 400. The summed E-state index contributed by atoms with van der Waals surface area (Å²) in [5.74, 6) is 0.770. The van der Waals surface area contributed by atoms with Crippen LogP contribution in [0.25, 0.3) is 0 Å². The molecule has 2 N–H and O–H groups in total. The molecule has 3 atom stereocenters. The number of aromatic nitrogens is 1. The molecule has 0 spiro atoms. The fourth-order valence-corrected chi connectivity index (χ4v) is 4.02. The topological polar surface area (TPSA) is 42.2 Å². The normalized spacial score (nSPS) is 26.1. The van der Waals surface area contributed by atoms with Gasteiger partial charge in [-0.2, -0.15) is 0 Å². The summed E-state index contributed by atoms with van der Waals surface area (Å²) in [4.78, 5) is 8.31. The van der Waals surface area contributed by atoms with E-state index in [1.165, 1.54) is 30.6 Å². The van der Waals surface area contributed by atoms with Gasteiger partial charge in [-0.25, -0.2) is 4.98 Å². The Morgan fingerprint density at radius 2 is 2.06 bits per heavy atom. The second-order valence-corrected chi connectivity index (χ2v) is 6.68. The molecule has 0 radical (unpaired) electrons. The van der Waals surface area contributed by atoms with Crippen LogP contribution in [-0.2, 0) is 0 Å². The second kappa shape index (κ2) is 5.57. The molecule has 1 saturated carbocycles. The van der Waals surface area contributed by atoms with E-state index >= 15 is 0 Å². The Morgan fingerprint density at radius 1 is 1.39 bits per heavy atom. The van der Waals surface area contributed by atoms with Crippen LogP contribution in [-0.4, -0.2) is 18.1 Å². The minimum atomic E-state index is 0.0911. The van der Waals surface area contributed by atoms with Gasteiger partial charge in [0.1, 0.15) is 0 Å². The summed E-state index contributed by atoms with van der Waals surface area (Å²) in [5.41, 5.74) is 7.08. The summed E-state index contributed by atoms with van der Waals surface area (Å²) in [5, 5.41) is 1.14. The maximum absolute atomic E-state index is 5.99. The van der Waals surface area contributed by atoms with Crippen molar-refractivity contribution in [2.45, 2.75) is 58.5 Å². The van der Waals surface area contributed by atoms with Crippen molar-refractivity contribution in [1.29, 1.82) is 0 Å². The molecular weight excluding hydrogens is 242 g/mol. The Labute approximate surface area is 114 Å². The average Bonchev–Trinajstić information content (AvgIpc) is 2.71. The van der Waals surface area contributed by atoms with Crippen molar-refractivity contribution in [3.63, 3.8) is 0 Å².